The maximum absolute atomic E-state index is 5.51. The molecule has 2 atom stereocenters. The lowest BCUT2D eigenvalue weighted by Gasteiger charge is -2.30. The molecule has 0 radical (unpaired) electrons. The Bertz CT molecular complexity index is 478. The first kappa shape index (κ1) is 15.4. The zero-order chi connectivity index (χ0) is 14.9. The predicted octanol–water partition coefficient (Wildman–Crippen LogP) is 2.24. The van der Waals surface area contributed by atoms with Crippen LogP contribution in [0.3, 0.4) is 0 Å². The third-order valence-electron chi connectivity index (χ3n) is 5.37. The second-order valence-electron chi connectivity index (χ2n) is 6.66. The summed E-state index contributed by atoms with van der Waals surface area (Å²) in [5.74, 6) is 0.690. The third-order valence-corrected chi connectivity index (χ3v) is 6.29. The van der Waals surface area contributed by atoms with E-state index in [0.29, 0.717) is 11.3 Å². The summed E-state index contributed by atoms with van der Waals surface area (Å²) in [7, 11) is 1.84. The number of likely N-dealkylation sites (tertiary alicyclic amines) is 2. The van der Waals surface area contributed by atoms with Crippen molar-refractivity contribution in [1.82, 2.24) is 14.8 Å². The number of hydrogen-bond donors (Lipinski definition) is 0. The number of aryl methyl sites for hydroxylation is 1. The van der Waals surface area contributed by atoms with Gasteiger partial charge < -0.3 is 9.64 Å². The van der Waals surface area contributed by atoms with Gasteiger partial charge in [-0.05, 0) is 26.4 Å². The molecule has 2 aliphatic heterocycles. The molecular weight excluding hydrogens is 282 g/mol. The molecule has 118 valence electrons. The van der Waals surface area contributed by atoms with E-state index in [1.54, 1.807) is 11.3 Å². The van der Waals surface area contributed by atoms with Gasteiger partial charge in [0, 0.05) is 49.5 Å². The van der Waals surface area contributed by atoms with Crippen molar-refractivity contribution in [2.24, 2.45) is 11.3 Å². The number of rotatable bonds is 5. The zero-order valence-electron chi connectivity index (χ0n) is 13.5. The lowest BCUT2D eigenvalue weighted by Crippen LogP contribution is -2.36. The molecule has 0 saturated carbocycles. The number of thiazole rings is 1. The Kier molecular flexibility index (Phi) is 4.64. The van der Waals surface area contributed by atoms with E-state index in [-0.39, 0.29) is 0 Å². The van der Waals surface area contributed by atoms with Gasteiger partial charge in [0.15, 0.2) is 0 Å². The van der Waals surface area contributed by atoms with Gasteiger partial charge in [0.2, 0.25) is 0 Å². The van der Waals surface area contributed by atoms with Crippen LogP contribution < -0.4 is 0 Å². The molecular formula is C16H27N3OS. The van der Waals surface area contributed by atoms with Crippen molar-refractivity contribution in [2.75, 3.05) is 46.4 Å². The van der Waals surface area contributed by atoms with Gasteiger partial charge >= 0.3 is 0 Å². The predicted molar refractivity (Wildman–Crippen MR) is 86.7 cm³/mol. The maximum atomic E-state index is 5.51. The fourth-order valence-electron chi connectivity index (χ4n) is 4.08. The maximum Gasteiger partial charge on any atom is 0.0798 e. The first-order valence-electron chi connectivity index (χ1n) is 7.99. The Morgan fingerprint density at radius 2 is 2.24 bits per heavy atom. The van der Waals surface area contributed by atoms with Gasteiger partial charge in [-0.2, -0.15) is 0 Å². The fraction of sp³-hybridized carbons (Fsp3) is 0.812. The van der Waals surface area contributed by atoms with Gasteiger partial charge in [0.1, 0.15) is 0 Å². The third kappa shape index (κ3) is 3.02. The van der Waals surface area contributed by atoms with Crippen molar-refractivity contribution in [3.63, 3.8) is 0 Å². The average Bonchev–Trinajstić information content (AvgIpc) is 3.15. The van der Waals surface area contributed by atoms with Gasteiger partial charge in [-0.15, -0.1) is 11.3 Å². The van der Waals surface area contributed by atoms with Crippen LogP contribution in [-0.2, 0) is 11.3 Å². The second kappa shape index (κ2) is 6.32. The van der Waals surface area contributed by atoms with E-state index >= 15 is 0 Å². The van der Waals surface area contributed by atoms with Crippen LogP contribution in [0.4, 0.5) is 0 Å². The van der Waals surface area contributed by atoms with E-state index < -0.39 is 0 Å². The Morgan fingerprint density at radius 1 is 1.43 bits per heavy atom. The molecule has 2 aliphatic rings. The highest BCUT2D eigenvalue weighted by Crippen LogP contribution is 2.44. The highest BCUT2D eigenvalue weighted by Gasteiger charge is 2.49. The van der Waals surface area contributed by atoms with Crippen LogP contribution in [0.2, 0.25) is 0 Å². The summed E-state index contributed by atoms with van der Waals surface area (Å²) in [6, 6.07) is 0. The van der Waals surface area contributed by atoms with Gasteiger partial charge in [-0.1, -0.05) is 6.92 Å². The van der Waals surface area contributed by atoms with Crippen LogP contribution in [0.5, 0.6) is 0 Å². The Labute approximate surface area is 132 Å². The van der Waals surface area contributed by atoms with E-state index in [4.69, 9.17) is 4.74 Å². The number of ether oxygens (including phenoxy) is 1. The van der Waals surface area contributed by atoms with Crippen molar-refractivity contribution in [1.29, 1.82) is 0 Å². The molecule has 0 bridgehead atoms. The summed E-state index contributed by atoms with van der Waals surface area (Å²) in [5.41, 5.74) is 3.62. The Balaban J connectivity index is 1.67. The zero-order valence-corrected chi connectivity index (χ0v) is 14.3. The van der Waals surface area contributed by atoms with Crippen LogP contribution in [0, 0.1) is 18.3 Å². The van der Waals surface area contributed by atoms with Gasteiger partial charge in [-0.25, -0.2) is 4.98 Å². The molecule has 3 heterocycles. The molecule has 0 amide bonds. The van der Waals surface area contributed by atoms with E-state index in [9.17, 15) is 0 Å². The molecule has 0 unspecified atom stereocenters. The molecule has 0 N–H and O–H groups in total. The summed E-state index contributed by atoms with van der Waals surface area (Å²) < 4.78 is 5.51. The Morgan fingerprint density at radius 3 is 2.90 bits per heavy atom. The van der Waals surface area contributed by atoms with Crippen molar-refractivity contribution in [3.8, 4) is 0 Å². The molecule has 5 heteroatoms. The summed E-state index contributed by atoms with van der Waals surface area (Å²) in [4.78, 5) is 11.0. The molecule has 3 rings (SSSR count). The van der Waals surface area contributed by atoms with Gasteiger partial charge in [0.25, 0.3) is 0 Å². The highest BCUT2D eigenvalue weighted by atomic mass is 32.1. The molecule has 0 aromatic carbocycles. The normalized spacial score (nSPS) is 30.7. The summed E-state index contributed by atoms with van der Waals surface area (Å²) in [5, 5.41) is 0. The smallest absolute Gasteiger partial charge is 0.0798 e. The molecule has 1 aromatic heterocycles. The molecule has 4 nitrogen and oxygen atoms in total. The summed E-state index contributed by atoms with van der Waals surface area (Å²) >= 11 is 1.80. The molecule has 0 aliphatic carbocycles. The topological polar surface area (TPSA) is 28.6 Å². The molecule has 2 fully saturated rings. The quantitative estimate of drug-likeness (QED) is 0.834. The highest BCUT2D eigenvalue weighted by molar-refractivity contribution is 7.09. The number of nitrogens with zero attached hydrogens (tertiary/aromatic N) is 3. The molecule has 1 spiro atoms. The van der Waals surface area contributed by atoms with Gasteiger partial charge in [0.05, 0.1) is 17.8 Å². The average molecular weight is 309 g/mol. The lowest BCUT2D eigenvalue weighted by molar-refractivity contribution is 0.0959. The van der Waals surface area contributed by atoms with Crippen molar-refractivity contribution in [2.45, 2.75) is 26.8 Å². The van der Waals surface area contributed by atoms with Crippen LogP contribution in [0.25, 0.3) is 0 Å². The van der Waals surface area contributed by atoms with Crippen molar-refractivity contribution >= 4 is 11.3 Å². The minimum atomic E-state index is 0.449. The SMILES string of the molecule is CCN1C[C@H](COC)[C@@]2(CCN(Cc3scnc3C)C2)C1. The molecule has 21 heavy (non-hydrogen) atoms. The van der Waals surface area contributed by atoms with Crippen LogP contribution in [0.1, 0.15) is 23.9 Å². The van der Waals surface area contributed by atoms with E-state index in [1.165, 1.54) is 43.2 Å². The minimum Gasteiger partial charge on any atom is -0.384 e. The van der Waals surface area contributed by atoms with Crippen LogP contribution in [-0.4, -0.2) is 61.2 Å². The largest absolute Gasteiger partial charge is 0.384 e. The lowest BCUT2D eigenvalue weighted by atomic mass is 9.78. The van der Waals surface area contributed by atoms with Crippen LogP contribution >= 0.6 is 11.3 Å². The van der Waals surface area contributed by atoms with Crippen molar-refractivity contribution in [3.05, 3.63) is 16.1 Å². The van der Waals surface area contributed by atoms with E-state index in [0.717, 1.165) is 19.7 Å². The second-order valence-corrected chi connectivity index (χ2v) is 7.60. The van der Waals surface area contributed by atoms with E-state index in [1.807, 2.05) is 12.6 Å². The number of hydrogen-bond acceptors (Lipinski definition) is 5. The Hall–Kier alpha value is -0.490. The number of methoxy groups -OCH3 is 1. The van der Waals surface area contributed by atoms with E-state index in [2.05, 4.69) is 28.6 Å². The molecule has 2 saturated heterocycles. The fourth-order valence-corrected chi connectivity index (χ4v) is 4.90. The summed E-state index contributed by atoms with van der Waals surface area (Å²) in [6.07, 6.45) is 1.31. The van der Waals surface area contributed by atoms with Crippen molar-refractivity contribution < 1.29 is 4.74 Å². The first-order valence-corrected chi connectivity index (χ1v) is 8.87. The minimum absolute atomic E-state index is 0.449. The molecule has 1 aromatic rings. The number of aromatic nitrogens is 1. The standard InChI is InChI=1S/C16H27N3OS/c1-4-18-7-14(9-20-3)16(10-18)5-6-19(11-16)8-15-13(2)17-12-21-15/h12,14H,4-11H2,1-3H3/t14-,16+/m1/s1. The monoisotopic (exact) mass is 309 g/mol. The van der Waals surface area contributed by atoms with Gasteiger partial charge in [-0.3, -0.25) is 4.90 Å². The first-order chi connectivity index (χ1) is 10.2. The van der Waals surface area contributed by atoms with Crippen LogP contribution in [0.15, 0.2) is 5.51 Å². The summed E-state index contributed by atoms with van der Waals surface area (Å²) in [6.45, 7) is 12.4.